The molecule has 0 fully saturated rings. The Morgan fingerprint density at radius 2 is 2.15 bits per heavy atom. The number of pyridine rings is 1. The summed E-state index contributed by atoms with van der Waals surface area (Å²) in [7, 11) is 1.98. The first kappa shape index (κ1) is 14.9. The van der Waals surface area contributed by atoms with E-state index >= 15 is 0 Å². The molecule has 0 unspecified atom stereocenters. The number of aryl methyl sites for hydroxylation is 1. The Morgan fingerprint density at radius 3 is 2.95 bits per heavy atom. The molecule has 0 aliphatic rings. The minimum Gasteiger partial charge on any atom is -0.473 e. The van der Waals surface area contributed by atoms with Gasteiger partial charge in [-0.05, 0) is 12.5 Å². The van der Waals surface area contributed by atoms with E-state index in [1.807, 2.05) is 36.1 Å². The molecule has 0 bridgehead atoms. The highest BCUT2D eigenvalue weighted by molar-refractivity contribution is 6.99. The molecule has 0 N–H and O–H groups in total. The van der Waals surface area contributed by atoms with Crippen LogP contribution in [0.15, 0.2) is 24.5 Å². The average Bonchev–Trinajstić information content (AvgIpc) is 2.91. The molecule has 0 radical (unpaired) electrons. The SMILES string of the molecule is CCCCOCCOc1nsnc1-c1ccc[n+](C)c1. The molecule has 2 heterocycles. The van der Waals surface area contributed by atoms with Gasteiger partial charge in [0.05, 0.1) is 23.9 Å². The second kappa shape index (κ2) is 7.91. The highest BCUT2D eigenvalue weighted by Crippen LogP contribution is 2.26. The fourth-order valence-corrected chi connectivity index (χ4v) is 2.24. The van der Waals surface area contributed by atoms with Crippen LogP contribution in [0.2, 0.25) is 0 Å². The molecule has 2 aromatic heterocycles. The van der Waals surface area contributed by atoms with Crippen molar-refractivity contribution in [2.24, 2.45) is 7.05 Å². The minimum absolute atomic E-state index is 0.501. The lowest BCUT2D eigenvalue weighted by molar-refractivity contribution is -0.671. The van der Waals surface area contributed by atoms with Crippen molar-refractivity contribution in [1.82, 2.24) is 8.75 Å². The Labute approximate surface area is 123 Å². The maximum Gasteiger partial charge on any atom is 0.254 e. The van der Waals surface area contributed by atoms with E-state index in [0.29, 0.717) is 19.1 Å². The van der Waals surface area contributed by atoms with Crippen molar-refractivity contribution in [3.8, 4) is 17.1 Å². The van der Waals surface area contributed by atoms with Gasteiger partial charge in [-0.1, -0.05) is 13.3 Å². The van der Waals surface area contributed by atoms with Crippen molar-refractivity contribution in [3.63, 3.8) is 0 Å². The lowest BCUT2D eigenvalue weighted by Crippen LogP contribution is -2.26. The van der Waals surface area contributed by atoms with E-state index in [1.165, 1.54) is 0 Å². The molecule has 20 heavy (non-hydrogen) atoms. The predicted molar refractivity (Wildman–Crippen MR) is 77.7 cm³/mol. The number of hydrogen-bond acceptors (Lipinski definition) is 5. The van der Waals surface area contributed by atoms with Gasteiger partial charge in [-0.15, -0.1) is 4.37 Å². The van der Waals surface area contributed by atoms with Crippen molar-refractivity contribution < 1.29 is 14.0 Å². The molecular weight excluding hydrogens is 274 g/mol. The summed E-state index contributed by atoms with van der Waals surface area (Å²) >= 11 is 1.16. The molecule has 0 aromatic carbocycles. The van der Waals surface area contributed by atoms with Gasteiger partial charge < -0.3 is 9.47 Å². The van der Waals surface area contributed by atoms with Gasteiger partial charge in [0.1, 0.15) is 13.7 Å². The Morgan fingerprint density at radius 1 is 1.25 bits per heavy atom. The third kappa shape index (κ3) is 4.25. The first-order valence-corrected chi connectivity index (χ1v) is 7.53. The van der Waals surface area contributed by atoms with Crippen molar-refractivity contribution in [1.29, 1.82) is 0 Å². The fraction of sp³-hybridized carbons (Fsp3) is 0.500. The predicted octanol–water partition coefficient (Wildman–Crippen LogP) is 2.23. The number of aromatic nitrogens is 3. The van der Waals surface area contributed by atoms with Gasteiger partial charge in [0, 0.05) is 12.7 Å². The lowest BCUT2D eigenvalue weighted by atomic mass is 10.2. The Bertz CT molecular complexity index is 531. The molecule has 0 saturated carbocycles. The Balaban J connectivity index is 1.89. The van der Waals surface area contributed by atoms with E-state index < -0.39 is 0 Å². The van der Waals surface area contributed by atoms with Crippen LogP contribution < -0.4 is 9.30 Å². The van der Waals surface area contributed by atoms with Crippen molar-refractivity contribution in [3.05, 3.63) is 24.5 Å². The number of ether oxygens (including phenoxy) is 2. The Kier molecular flexibility index (Phi) is 5.88. The van der Waals surface area contributed by atoms with Crippen molar-refractivity contribution in [2.75, 3.05) is 19.8 Å². The van der Waals surface area contributed by atoms with Crippen LogP contribution in [0, 0.1) is 0 Å². The summed E-state index contributed by atoms with van der Waals surface area (Å²) in [5.41, 5.74) is 1.80. The molecule has 0 amide bonds. The third-order valence-electron chi connectivity index (χ3n) is 2.78. The second-order valence-corrected chi connectivity index (χ2v) is 5.02. The van der Waals surface area contributed by atoms with Gasteiger partial charge in [0.25, 0.3) is 5.88 Å². The summed E-state index contributed by atoms with van der Waals surface area (Å²) in [6.07, 6.45) is 6.21. The average molecular weight is 294 g/mol. The van der Waals surface area contributed by atoms with Crippen LogP contribution in [0.25, 0.3) is 11.3 Å². The van der Waals surface area contributed by atoms with E-state index in [-0.39, 0.29) is 0 Å². The number of rotatable bonds is 8. The van der Waals surface area contributed by atoms with Crippen molar-refractivity contribution >= 4 is 11.7 Å². The zero-order valence-corrected chi connectivity index (χ0v) is 12.7. The monoisotopic (exact) mass is 294 g/mol. The van der Waals surface area contributed by atoms with Gasteiger partial charge in [-0.2, -0.15) is 4.37 Å². The van der Waals surface area contributed by atoms with Crippen LogP contribution >= 0.6 is 11.7 Å². The summed E-state index contributed by atoms with van der Waals surface area (Å²) < 4.78 is 21.6. The molecular formula is C14H20N3O2S+. The van der Waals surface area contributed by atoms with Crippen LogP contribution in [0.5, 0.6) is 5.88 Å². The molecule has 0 atom stereocenters. The molecule has 0 aliphatic heterocycles. The summed E-state index contributed by atoms with van der Waals surface area (Å²) in [6, 6.07) is 3.98. The molecule has 2 rings (SSSR count). The van der Waals surface area contributed by atoms with Gasteiger partial charge in [0.15, 0.2) is 18.1 Å². The van der Waals surface area contributed by atoms with Crippen LogP contribution in [-0.4, -0.2) is 28.6 Å². The highest BCUT2D eigenvalue weighted by atomic mass is 32.1. The number of unbranched alkanes of at least 4 members (excludes halogenated alkanes) is 1. The summed E-state index contributed by atoms with van der Waals surface area (Å²) in [6.45, 7) is 4.02. The molecule has 0 spiro atoms. The van der Waals surface area contributed by atoms with Gasteiger partial charge in [0.2, 0.25) is 0 Å². The topological polar surface area (TPSA) is 48.1 Å². The second-order valence-electron chi connectivity index (χ2n) is 4.49. The van der Waals surface area contributed by atoms with Crippen LogP contribution in [0.3, 0.4) is 0 Å². The summed E-state index contributed by atoms with van der Waals surface area (Å²) in [5.74, 6) is 0.584. The molecule has 2 aromatic rings. The quantitative estimate of drug-likeness (QED) is 0.553. The smallest absolute Gasteiger partial charge is 0.254 e. The Hall–Kier alpha value is -1.53. The standard InChI is InChI=1S/C14H20N3O2S/c1-3-4-8-18-9-10-19-14-13(15-20-16-14)12-6-5-7-17(2)11-12/h5-7,11H,3-4,8-10H2,1-2H3/q+1. The van der Waals surface area contributed by atoms with Crippen LogP contribution in [0.4, 0.5) is 0 Å². The van der Waals surface area contributed by atoms with E-state index in [0.717, 1.165) is 42.4 Å². The molecule has 6 heteroatoms. The fourth-order valence-electron chi connectivity index (χ4n) is 1.73. The lowest BCUT2D eigenvalue weighted by Gasteiger charge is -2.05. The number of hydrogen-bond donors (Lipinski definition) is 0. The number of nitrogens with zero attached hydrogens (tertiary/aromatic N) is 3. The zero-order valence-electron chi connectivity index (χ0n) is 11.9. The van der Waals surface area contributed by atoms with Crippen molar-refractivity contribution in [2.45, 2.75) is 19.8 Å². The molecule has 108 valence electrons. The first-order chi connectivity index (χ1) is 9.81. The molecule has 0 aliphatic carbocycles. The van der Waals surface area contributed by atoms with Crippen LogP contribution in [-0.2, 0) is 11.8 Å². The maximum atomic E-state index is 5.65. The highest BCUT2D eigenvalue weighted by Gasteiger charge is 2.14. The maximum absolute atomic E-state index is 5.65. The molecule has 0 saturated heterocycles. The van der Waals surface area contributed by atoms with E-state index in [4.69, 9.17) is 9.47 Å². The summed E-state index contributed by atoms with van der Waals surface area (Å²) in [4.78, 5) is 0. The largest absolute Gasteiger partial charge is 0.473 e. The van der Waals surface area contributed by atoms with Gasteiger partial charge in [-0.3, -0.25) is 0 Å². The van der Waals surface area contributed by atoms with E-state index in [9.17, 15) is 0 Å². The van der Waals surface area contributed by atoms with E-state index in [1.54, 1.807) is 0 Å². The van der Waals surface area contributed by atoms with Gasteiger partial charge >= 0.3 is 0 Å². The first-order valence-electron chi connectivity index (χ1n) is 6.80. The summed E-state index contributed by atoms with van der Waals surface area (Å²) in [5, 5.41) is 0. The normalized spacial score (nSPS) is 10.7. The van der Waals surface area contributed by atoms with Crippen LogP contribution in [0.1, 0.15) is 19.8 Å². The zero-order chi connectivity index (χ0) is 14.2. The minimum atomic E-state index is 0.501. The van der Waals surface area contributed by atoms with Gasteiger partial charge in [-0.25, -0.2) is 4.57 Å². The van der Waals surface area contributed by atoms with E-state index in [2.05, 4.69) is 15.7 Å². The molecule has 5 nitrogen and oxygen atoms in total. The third-order valence-corrected chi connectivity index (χ3v) is 3.29.